The summed E-state index contributed by atoms with van der Waals surface area (Å²) < 4.78 is 1.83. The van der Waals surface area contributed by atoms with Gasteiger partial charge in [0.15, 0.2) is 11.5 Å². The van der Waals surface area contributed by atoms with Gasteiger partial charge in [-0.15, -0.1) is 10.2 Å². The summed E-state index contributed by atoms with van der Waals surface area (Å²) in [5, 5.41) is 27.9. The lowest BCUT2D eigenvalue weighted by atomic mass is 9.99. The topological polar surface area (TPSA) is 91.5 Å². The van der Waals surface area contributed by atoms with Crippen molar-refractivity contribution in [1.82, 2.24) is 25.2 Å². The van der Waals surface area contributed by atoms with Crippen LogP contribution in [0.2, 0.25) is 0 Å². The summed E-state index contributed by atoms with van der Waals surface area (Å²) in [4.78, 5) is 12.1. The zero-order chi connectivity index (χ0) is 17.2. The highest BCUT2D eigenvalue weighted by Gasteiger charge is 2.24. The van der Waals surface area contributed by atoms with Crippen molar-refractivity contribution in [2.75, 3.05) is 6.54 Å². The lowest BCUT2D eigenvalue weighted by molar-refractivity contribution is 0.0597. The first-order valence-electron chi connectivity index (χ1n) is 7.56. The van der Waals surface area contributed by atoms with Gasteiger partial charge in [0.05, 0.1) is 12.6 Å². The molecular weight excluding hydrogens is 326 g/mol. The molecule has 0 aliphatic heterocycles. The maximum absolute atomic E-state index is 12.1. The van der Waals surface area contributed by atoms with Gasteiger partial charge in [0.1, 0.15) is 5.60 Å². The smallest absolute Gasteiger partial charge is 0.315 e. The highest BCUT2D eigenvalue weighted by atomic mass is 32.1. The number of hydrogen-bond donors (Lipinski definition) is 3. The molecule has 8 heteroatoms. The Morgan fingerprint density at radius 3 is 3.00 bits per heavy atom. The van der Waals surface area contributed by atoms with Crippen molar-refractivity contribution in [3.63, 3.8) is 0 Å². The largest absolute Gasteiger partial charge is 0.384 e. The van der Waals surface area contributed by atoms with Crippen LogP contribution in [-0.4, -0.2) is 32.3 Å². The van der Waals surface area contributed by atoms with Gasteiger partial charge in [0, 0.05) is 6.20 Å². The normalized spacial score (nSPS) is 15.0. The van der Waals surface area contributed by atoms with Gasteiger partial charge < -0.3 is 15.7 Å². The molecule has 0 fully saturated rings. The molecule has 0 spiro atoms. The predicted molar refractivity (Wildman–Crippen MR) is 91.8 cm³/mol. The van der Waals surface area contributed by atoms with E-state index in [0.717, 1.165) is 11.2 Å². The number of carbonyl (C=O) groups excluding carboxylic acids is 1. The van der Waals surface area contributed by atoms with E-state index in [0.29, 0.717) is 5.82 Å². The van der Waals surface area contributed by atoms with Crippen molar-refractivity contribution in [2.24, 2.45) is 0 Å². The first-order chi connectivity index (χ1) is 11.5. The van der Waals surface area contributed by atoms with Crippen LogP contribution in [0.4, 0.5) is 4.79 Å². The average molecular weight is 345 g/mol. The first kappa shape index (κ1) is 16.4. The zero-order valence-corrected chi connectivity index (χ0v) is 14.2. The fourth-order valence-electron chi connectivity index (χ4n) is 2.39. The molecule has 3 N–H and O–H groups in total. The number of nitrogens with one attached hydrogen (secondary N) is 2. The quantitative estimate of drug-likeness (QED) is 0.660. The second-order valence-electron chi connectivity index (χ2n) is 5.82. The van der Waals surface area contributed by atoms with E-state index >= 15 is 0 Å². The molecule has 0 aliphatic rings. The molecule has 3 aromatic heterocycles. The number of nitrogens with zero attached hydrogens (tertiary/aromatic N) is 3. The monoisotopic (exact) mass is 345 g/mol. The Balaban J connectivity index is 1.60. The van der Waals surface area contributed by atoms with Crippen molar-refractivity contribution in [3.8, 4) is 0 Å². The molecule has 0 unspecified atom stereocenters. The van der Waals surface area contributed by atoms with Gasteiger partial charge in [0.2, 0.25) is 0 Å². The number of fused-ring (bicyclic) bond motifs is 1. The van der Waals surface area contributed by atoms with Gasteiger partial charge in [-0.3, -0.25) is 4.40 Å². The number of aliphatic hydroxyl groups is 1. The fourth-order valence-corrected chi connectivity index (χ4v) is 3.18. The molecule has 3 rings (SSSR count). The number of rotatable bonds is 5. The molecule has 24 heavy (non-hydrogen) atoms. The molecule has 0 saturated heterocycles. The first-order valence-corrected chi connectivity index (χ1v) is 8.51. The van der Waals surface area contributed by atoms with Crippen LogP contribution in [0.1, 0.15) is 31.3 Å². The summed E-state index contributed by atoms with van der Waals surface area (Å²) in [6.45, 7) is 3.62. The number of amides is 2. The minimum atomic E-state index is -1.11. The van der Waals surface area contributed by atoms with Crippen LogP contribution >= 0.6 is 11.3 Å². The highest BCUT2D eigenvalue weighted by Crippen LogP contribution is 2.22. The number of pyridine rings is 1. The van der Waals surface area contributed by atoms with E-state index in [-0.39, 0.29) is 18.6 Å². The van der Waals surface area contributed by atoms with Gasteiger partial charge in [-0.25, -0.2) is 4.79 Å². The van der Waals surface area contributed by atoms with Gasteiger partial charge in [0.25, 0.3) is 0 Å². The Morgan fingerprint density at radius 1 is 1.42 bits per heavy atom. The number of carbonyl (C=O) groups is 1. The molecule has 0 saturated carbocycles. The Kier molecular flexibility index (Phi) is 4.50. The van der Waals surface area contributed by atoms with Crippen molar-refractivity contribution < 1.29 is 9.90 Å². The molecule has 0 bridgehead atoms. The molecule has 0 aromatic carbocycles. The molecule has 7 nitrogen and oxygen atoms in total. The van der Waals surface area contributed by atoms with E-state index in [2.05, 4.69) is 20.8 Å². The summed E-state index contributed by atoms with van der Waals surface area (Å²) >= 11 is 1.50. The summed E-state index contributed by atoms with van der Waals surface area (Å²) in [5.74, 6) is 0.644. The minimum Gasteiger partial charge on any atom is -0.384 e. The van der Waals surface area contributed by atoms with E-state index in [1.165, 1.54) is 11.3 Å². The van der Waals surface area contributed by atoms with E-state index in [4.69, 9.17) is 0 Å². The van der Waals surface area contributed by atoms with Crippen molar-refractivity contribution in [2.45, 2.75) is 25.5 Å². The van der Waals surface area contributed by atoms with Crippen LogP contribution in [0.25, 0.3) is 5.65 Å². The molecule has 0 aliphatic carbocycles. The summed E-state index contributed by atoms with van der Waals surface area (Å²) in [7, 11) is 0. The Bertz CT molecular complexity index is 828. The highest BCUT2D eigenvalue weighted by molar-refractivity contribution is 7.08. The van der Waals surface area contributed by atoms with Crippen LogP contribution in [0.5, 0.6) is 0 Å². The standard InChI is InChI=1S/C16H19N5O2S/c1-11(14-20-19-13-5-3-4-7-21(13)14)18-15(22)17-10-16(2,23)12-6-8-24-9-12/h3-9,11,23H,10H2,1-2H3,(H2,17,18,22)/t11-,16+/m0/s1. The predicted octanol–water partition coefficient (Wildman–Crippen LogP) is 2.06. The molecule has 3 aromatic rings. The zero-order valence-electron chi connectivity index (χ0n) is 13.4. The van der Waals surface area contributed by atoms with Crippen LogP contribution in [0.15, 0.2) is 41.2 Å². The second-order valence-corrected chi connectivity index (χ2v) is 6.60. The van der Waals surface area contributed by atoms with Crippen LogP contribution < -0.4 is 10.6 Å². The van der Waals surface area contributed by atoms with E-state index in [1.807, 2.05) is 52.5 Å². The molecule has 3 heterocycles. The number of thiophene rings is 1. The number of urea groups is 1. The van der Waals surface area contributed by atoms with Crippen LogP contribution in [0, 0.1) is 0 Å². The van der Waals surface area contributed by atoms with Gasteiger partial charge in [-0.1, -0.05) is 6.07 Å². The van der Waals surface area contributed by atoms with Crippen molar-refractivity contribution in [1.29, 1.82) is 0 Å². The van der Waals surface area contributed by atoms with E-state index in [1.54, 1.807) is 6.92 Å². The lowest BCUT2D eigenvalue weighted by Gasteiger charge is -2.23. The van der Waals surface area contributed by atoms with Gasteiger partial charge in [-0.2, -0.15) is 11.3 Å². The Hall–Kier alpha value is -2.45. The van der Waals surface area contributed by atoms with Gasteiger partial charge >= 0.3 is 6.03 Å². The van der Waals surface area contributed by atoms with E-state index < -0.39 is 5.60 Å². The van der Waals surface area contributed by atoms with Crippen molar-refractivity contribution in [3.05, 3.63) is 52.6 Å². The minimum absolute atomic E-state index is 0.114. The third-order valence-electron chi connectivity index (χ3n) is 3.81. The lowest BCUT2D eigenvalue weighted by Crippen LogP contribution is -2.44. The number of aromatic nitrogens is 3. The SMILES string of the molecule is C[C@H](NC(=O)NC[C@@](C)(O)c1ccsc1)c1nnc2ccccn12. The summed E-state index contributed by atoms with van der Waals surface area (Å²) in [6.07, 6.45) is 1.85. The van der Waals surface area contributed by atoms with Gasteiger partial charge in [-0.05, 0) is 48.4 Å². The second kappa shape index (κ2) is 6.58. The third-order valence-corrected chi connectivity index (χ3v) is 4.49. The summed E-state index contributed by atoms with van der Waals surface area (Å²) in [6, 6.07) is 6.76. The number of hydrogen-bond acceptors (Lipinski definition) is 5. The maximum atomic E-state index is 12.1. The fraction of sp³-hybridized carbons (Fsp3) is 0.312. The maximum Gasteiger partial charge on any atom is 0.315 e. The van der Waals surface area contributed by atoms with Crippen molar-refractivity contribution >= 4 is 23.0 Å². The third kappa shape index (κ3) is 3.39. The van der Waals surface area contributed by atoms with Crippen LogP contribution in [-0.2, 0) is 5.60 Å². The van der Waals surface area contributed by atoms with Crippen LogP contribution in [0.3, 0.4) is 0 Å². The van der Waals surface area contributed by atoms with E-state index in [9.17, 15) is 9.90 Å². The molecular formula is C16H19N5O2S. The molecule has 126 valence electrons. The Morgan fingerprint density at radius 2 is 2.25 bits per heavy atom. The molecule has 2 atom stereocenters. The molecule has 0 radical (unpaired) electrons. The average Bonchev–Trinajstić information content (AvgIpc) is 3.22. The Labute approximate surface area is 143 Å². The molecule has 2 amide bonds. The summed E-state index contributed by atoms with van der Waals surface area (Å²) in [5.41, 5.74) is 0.397.